The molecule has 3 aliphatic rings. The zero-order valence-corrected chi connectivity index (χ0v) is 9.06. The monoisotopic (exact) mass is 202 g/mol. The van der Waals surface area contributed by atoms with E-state index < -0.39 is 0 Å². The molecule has 0 aromatic heterocycles. The van der Waals surface area contributed by atoms with Crippen LogP contribution in [-0.4, -0.2) is 6.10 Å². The maximum Gasteiger partial charge on any atom is 0.119 e. The Balaban J connectivity index is 1.69. The van der Waals surface area contributed by atoms with Gasteiger partial charge in [-0.25, -0.2) is 0 Å². The van der Waals surface area contributed by atoms with Crippen LogP contribution < -0.4 is 4.74 Å². The average molecular weight is 202 g/mol. The smallest absolute Gasteiger partial charge is 0.119 e. The molecule has 2 bridgehead atoms. The van der Waals surface area contributed by atoms with Crippen LogP contribution in [-0.2, 0) is 0 Å². The lowest BCUT2D eigenvalue weighted by Gasteiger charge is -2.42. The van der Waals surface area contributed by atoms with Crippen molar-refractivity contribution in [2.24, 2.45) is 11.8 Å². The summed E-state index contributed by atoms with van der Waals surface area (Å²) in [7, 11) is 0. The highest BCUT2D eigenvalue weighted by atomic mass is 16.5. The van der Waals surface area contributed by atoms with Gasteiger partial charge in [0.1, 0.15) is 11.9 Å². The highest BCUT2D eigenvalue weighted by molar-refractivity contribution is 5.21. The molecular weight excluding hydrogens is 184 g/mol. The Bertz CT molecular complexity index is 311. The zero-order chi connectivity index (χ0) is 10.1. The van der Waals surface area contributed by atoms with Gasteiger partial charge < -0.3 is 4.74 Å². The molecular formula is C14H18O. The molecule has 0 saturated heterocycles. The molecule has 0 spiro atoms. The lowest BCUT2D eigenvalue weighted by molar-refractivity contribution is 0.0201. The minimum absolute atomic E-state index is 0.500. The van der Waals surface area contributed by atoms with E-state index in [-0.39, 0.29) is 0 Å². The van der Waals surface area contributed by atoms with Crippen LogP contribution in [0.5, 0.6) is 5.75 Å². The van der Waals surface area contributed by atoms with E-state index in [2.05, 4.69) is 24.3 Å². The largest absolute Gasteiger partial charge is 0.490 e. The van der Waals surface area contributed by atoms with Gasteiger partial charge >= 0.3 is 0 Å². The average Bonchev–Trinajstić information content (AvgIpc) is 2.32. The Kier molecular flexibility index (Phi) is 2.40. The topological polar surface area (TPSA) is 9.23 Å². The van der Waals surface area contributed by atoms with Crippen molar-refractivity contribution >= 4 is 0 Å². The van der Waals surface area contributed by atoms with Gasteiger partial charge in [0.15, 0.2) is 0 Å². The SMILES string of the molecule is c1ccc(O[C@H]2CC3CCC2CC3)cc1. The molecule has 0 heterocycles. The lowest BCUT2D eigenvalue weighted by Crippen LogP contribution is -2.38. The number of rotatable bonds is 2. The summed E-state index contributed by atoms with van der Waals surface area (Å²) in [6.07, 6.45) is 7.46. The highest BCUT2D eigenvalue weighted by Crippen LogP contribution is 2.42. The molecule has 1 aromatic rings. The third-order valence-corrected chi connectivity index (χ3v) is 4.01. The summed E-state index contributed by atoms with van der Waals surface area (Å²) in [5.74, 6) is 2.83. The van der Waals surface area contributed by atoms with Gasteiger partial charge in [-0.3, -0.25) is 0 Å². The van der Waals surface area contributed by atoms with Gasteiger partial charge in [-0.05, 0) is 56.1 Å². The zero-order valence-electron chi connectivity index (χ0n) is 9.06. The molecule has 1 atom stereocenters. The van der Waals surface area contributed by atoms with Crippen LogP contribution in [0.25, 0.3) is 0 Å². The third-order valence-electron chi connectivity index (χ3n) is 4.01. The van der Waals surface area contributed by atoms with Crippen molar-refractivity contribution in [3.8, 4) is 5.75 Å². The summed E-state index contributed by atoms with van der Waals surface area (Å²) >= 11 is 0. The summed E-state index contributed by atoms with van der Waals surface area (Å²) < 4.78 is 6.09. The fourth-order valence-corrected chi connectivity index (χ4v) is 3.13. The van der Waals surface area contributed by atoms with Gasteiger partial charge in [0.2, 0.25) is 0 Å². The Morgan fingerprint density at radius 2 is 1.67 bits per heavy atom. The predicted octanol–water partition coefficient (Wildman–Crippen LogP) is 3.64. The van der Waals surface area contributed by atoms with E-state index in [1.165, 1.54) is 32.1 Å². The molecule has 1 heteroatoms. The Hall–Kier alpha value is -0.980. The molecule has 3 fully saturated rings. The molecule has 1 nitrogen and oxygen atoms in total. The number of ether oxygens (including phenoxy) is 1. The second-order valence-corrected chi connectivity index (χ2v) is 4.99. The van der Waals surface area contributed by atoms with Crippen LogP contribution in [0.4, 0.5) is 0 Å². The second kappa shape index (κ2) is 3.88. The van der Waals surface area contributed by atoms with Crippen LogP contribution in [0.3, 0.4) is 0 Å². The summed E-state index contributed by atoms with van der Waals surface area (Å²) in [6, 6.07) is 10.3. The van der Waals surface area contributed by atoms with E-state index >= 15 is 0 Å². The van der Waals surface area contributed by atoms with Crippen molar-refractivity contribution in [3.05, 3.63) is 30.3 Å². The van der Waals surface area contributed by atoms with E-state index in [1.54, 1.807) is 0 Å². The van der Waals surface area contributed by atoms with Crippen LogP contribution in [0, 0.1) is 11.8 Å². The van der Waals surface area contributed by atoms with Crippen LogP contribution in [0.2, 0.25) is 0 Å². The maximum atomic E-state index is 6.09. The third kappa shape index (κ3) is 1.88. The molecule has 0 radical (unpaired) electrons. The van der Waals surface area contributed by atoms with E-state index in [1.807, 2.05) is 6.07 Å². The first-order chi connectivity index (χ1) is 7.42. The number of benzene rings is 1. The van der Waals surface area contributed by atoms with Crippen molar-refractivity contribution < 1.29 is 4.74 Å². The van der Waals surface area contributed by atoms with E-state index in [0.717, 1.165) is 17.6 Å². The quantitative estimate of drug-likeness (QED) is 0.711. The fraction of sp³-hybridized carbons (Fsp3) is 0.571. The Labute approximate surface area is 91.5 Å². The van der Waals surface area contributed by atoms with Crippen molar-refractivity contribution in [1.29, 1.82) is 0 Å². The molecule has 1 aromatic carbocycles. The van der Waals surface area contributed by atoms with Crippen molar-refractivity contribution in [1.82, 2.24) is 0 Å². The Morgan fingerprint density at radius 1 is 0.933 bits per heavy atom. The van der Waals surface area contributed by atoms with Gasteiger partial charge in [0, 0.05) is 0 Å². The van der Waals surface area contributed by atoms with Crippen molar-refractivity contribution in [2.75, 3.05) is 0 Å². The summed E-state index contributed by atoms with van der Waals surface area (Å²) in [5, 5.41) is 0. The van der Waals surface area contributed by atoms with Gasteiger partial charge in [0.25, 0.3) is 0 Å². The Morgan fingerprint density at radius 3 is 2.27 bits per heavy atom. The van der Waals surface area contributed by atoms with Gasteiger partial charge in [-0.15, -0.1) is 0 Å². The number of hydrogen-bond donors (Lipinski definition) is 0. The minimum Gasteiger partial charge on any atom is -0.490 e. The van der Waals surface area contributed by atoms with E-state index in [4.69, 9.17) is 4.74 Å². The van der Waals surface area contributed by atoms with Crippen LogP contribution >= 0.6 is 0 Å². The molecule has 0 N–H and O–H groups in total. The van der Waals surface area contributed by atoms with E-state index in [0.29, 0.717) is 6.10 Å². The lowest BCUT2D eigenvalue weighted by atomic mass is 9.69. The summed E-state index contributed by atoms with van der Waals surface area (Å²) in [4.78, 5) is 0. The number of hydrogen-bond acceptors (Lipinski definition) is 1. The molecule has 3 aliphatic carbocycles. The minimum atomic E-state index is 0.500. The molecule has 0 amide bonds. The molecule has 0 aliphatic heterocycles. The molecule has 15 heavy (non-hydrogen) atoms. The second-order valence-electron chi connectivity index (χ2n) is 4.99. The van der Waals surface area contributed by atoms with Crippen LogP contribution in [0.1, 0.15) is 32.1 Å². The molecule has 80 valence electrons. The first kappa shape index (κ1) is 9.26. The van der Waals surface area contributed by atoms with Crippen molar-refractivity contribution in [3.63, 3.8) is 0 Å². The number of fused-ring (bicyclic) bond motifs is 3. The molecule has 4 rings (SSSR count). The van der Waals surface area contributed by atoms with Gasteiger partial charge in [-0.2, -0.15) is 0 Å². The first-order valence-electron chi connectivity index (χ1n) is 6.13. The maximum absolute atomic E-state index is 6.09. The highest BCUT2D eigenvalue weighted by Gasteiger charge is 2.36. The normalized spacial score (nSPS) is 34.0. The van der Waals surface area contributed by atoms with Gasteiger partial charge in [-0.1, -0.05) is 18.2 Å². The fourth-order valence-electron chi connectivity index (χ4n) is 3.13. The van der Waals surface area contributed by atoms with Crippen molar-refractivity contribution in [2.45, 2.75) is 38.2 Å². The van der Waals surface area contributed by atoms with Gasteiger partial charge in [0.05, 0.1) is 0 Å². The standard InChI is InChI=1S/C14H18O/c1-2-4-13(5-3-1)15-14-10-11-6-8-12(14)9-7-11/h1-5,11-12,14H,6-10H2/t11?,12?,14-/m0/s1. The molecule has 0 unspecified atom stereocenters. The predicted molar refractivity (Wildman–Crippen MR) is 60.9 cm³/mol. The summed E-state index contributed by atoms with van der Waals surface area (Å²) in [5.41, 5.74) is 0. The van der Waals surface area contributed by atoms with Crippen LogP contribution in [0.15, 0.2) is 30.3 Å². The molecule has 3 saturated carbocycles. The summed E-state index contributed by atoms with van der Waals surface area (Å²) in [6.45, 7) is 0. The first-order valence-corrected chi connectivity index (χ1v) is 6.13. The number of para-hydroxylation sites is 1. The van der Waals surface area contributed by atoms with E-state index in [9.17, 15) is 0 Å².